The first-order valence-corrected chi connectivity index (χ1v) is 11.5. The molecule has 0 aromatic carbocycles. The highest BCUT2D eigenvalue weighted by molar-refractivity contribution is 7.17. The second-order valence-electron chi connectivity index (χ2n) is 7.19. The van der Waals surface area contributed by atoms with Gasteiger partial charge in [-0.05, 0) is 32.4 Å². The normalized spacial score (nSPS) is 11.1. The molecule has 2 amide bonds. The molecule has 32 heavy (non-hydrogen) atoms. The van der Waals surface area contributed by atoms with Gasteiger partial charge in [-0.1, -0.05) is 0 Å². The lowest BCUT2D eigenvalue weighted by molar-refractivity contribution is -0.119. The molecule has 0 aliphatic rings. The number of amides is 2. The minimum atomic E-state index is -0.245. The lowest BCUT2D eigenvalue weighted by atomic mass is 10.1. The zero-order valence-electron chi connectivity index (χ0n) is 17.7. The van der Waals surface area contributed by atoms with E-state index in [1.54, 1.807) is 13.8 Å². The van der Waals surface area contributed by atoms with Gasteiger partial charge in [-0.15, -0.1) is 22.7 Å². The Kier molecular flexibility index (Phi) is 6.15. The molecule has 0 saturated carbocycles. The number of aryl methyl sites for hydroxylation is 2. The van der Waals surface area contributed by atoms with Gasteiger partial charge in [-0.3, -0.25) is 19.5 Å². The van der Waals surface area contributed by atoms with Gasteiger partial charge in [-0.25, -0.2) is 9.97 Å². The number of H-pyrrole nitrogens is 1. The molecular weight excluding hydrogens is 450 g/mol. The van der Waals surface area contributed by atoms with Gasteiger partial charge in [0.15, 0.2) is 5.13 Å². The number of nitrogens with zero attached hydrogens (tertiary/aromatic N) is 4. The molecule has 0 atom stereocenters. The van der Waals surface area contributed by atoms with E-state index in [0.717, 1.165) is 15.4 Å². The molecule has 0 saturated heterocycles. The van der Waals surface area contributed by atoms with Gasteiger partial charge in [0, 0.05) is 29.2 Å². The third-order valence-corrected chi connectivity index (χ3v) is 6.55. The summed E-state index contributed by atoms with van der Waals surface area (Å²) in [4.78, 5) is 51.1. The van der Waals surface area contributed by atoms with Crippen LogP contribution in [0.4, 0.5) is 5.13 Å². The fraction of sp³-hybridized carbons (Fsp3) is 0.300. The Bertz CT molecular complexity index is 1370. The van der Waals surface area contributed by atoms with Crippen molar-refractivity contribution >= 4 is 45.4 Å². The van der Waals surface area contributed by atoms with Gasteiger partial charge in [0.25, 0.3) is 11.3 Å². The van der Waals surface area contributed by atoms with Crippen LogP contribution >= 0.6 is 22.7 Å². The monoisotopic (exact) mass is 471 g/mol. The summed E-state index contributed by atoms with van der Waals surface area (Å²) in [5, 5.41) is 10.8. The van der Waals surface area contributed by atoms with Gasteiger partial charge in [0.2, 0.25) is 11.8 Å². The van der Waals surface area contributed by atoms with E-state index < -0.39 is 0 Å². The number of thiophene rings is 1. The summed E-state index contributed by atoms with van der Waals surface area (Å²) in [6, 6.07) is 3.89. The van der Waals surface area contributed by atoms with E-state index in [0.29, 0.717) is 34.5 Å². The van der Waals surface area contributed by atoms with Crippen LogP contribution in [0, 0.1) is 13.8 Å². The number of hydrogen-bond acceptors (Lipinski definition) is 8. The minimum absolute atomic E-state index is 0.0770. The zero-order valence-corrected chi connectivity index (χ0v) is 19.3. The fourth-order valence-corrected chi connectivity index (χ4v) is 4.84. The van der Waals surface area contributed by atoms with Crippen molar-refractivity contribution in [1.29, 1.82) is 0 Å². The van der Waals surface area contributed by atoms with Crippen molar-refractivity contribution in [2.45, 2.75) is 40.2 Å². The van der Waals surface area contributed by atoms with Crippen LogP contribution in [0.5, 0.6) is 0 Å². The molecule has 10 nitrogen and oxygen atoms in total. The fourth-order valence-electron chi connectivity index (χ4n) is 3.14. The van der Waals surface area contributed by atoms with Crippen molar-refractivity contribution in [1.82, 2.24) is 29.9 Å². The lowest BCUT2D eigenvalue weighted by Gasteiger charge is -2.05. The van der Waals surface area contributed by atoms with Crippen LogP contribution in [0.25, 0.3) is 16.3 Å². The maximum atomic E-state index is 12.7. The molecule has 166 valence electrons. The summed E-state index contributed by atoms with van der Waals surface area (Å²) in [5.74, 6) is 0.610. The Hall–Kier alpha value is -3.38. The van der Waals surface area contributed by atoms with Crippen LogP contribution in [-0.4, -0.2) is 36.4 Å². The summed E-state index contributed by atoms with van der Waals surface area (Å²) in [6.07, 6.45) is 0.395. The third kappa shape index (κ3) is 4.75. The highest BCUT2D eigenvalue weighted by atomic mass is 32.1. The standard InChI is InChI=1S/C20H21N7O3S2/c1-10-14(18(30)27-19(22-10)23-11(2)26-27)5-7-17(29)25-20-24-15(9-31-20)16-6-4-13(32-16)8-21-12(3)28/h4,6,9H,5,7-8H2,1-3H3,(H,21,28)(H,22,23,26)(H,24,25,29). The predicted molar refractivity (Wildman–Crippen MR) is 123 cm³/mol. The van der Waals surface area contributed by atoms with Crippen molar-refractivity contribution in [3.8, 4) is 10.6 Å². The van der Waals surface area contributed by atoms with Crippen molar-refractivity contribution in [3.05, 3.63) is 49.8 Å². The highest BCUT2D eigenvalue weighted by Gasteiger charge is 2.15. The van der Waals surface area contributed by atoms with Crippen molar-refractivity contribution in [2.24, 2.45) is 0 Å². The van der Waals surface area contributed by atoms with Gasteiger partial charge >= 0.3 is 0 Å². The maximum absolute atomic E-state index is 12.7. The second-order valence-corrected chi connectivity index (χ2v) is 9.21. The average Bonchev–Trinajstić information content (AvgIpc) is 3.45. The SMILES string of the molecule is CC(=O)NCc1ccc(-c2csc(NC(=O)CCc3c(C)nc4nc(C)[nH]n4c3=O)n2)s1. The number of carbonyl (C=O) groups is 2. The van der Waals surface area contributed by atoms with E-state index in [1.807, 2.05) is 17.5 Å². The summed E-state index contributed by atoms with van der Waals surface area (Å²) in [5.41, 5.74) is 1.57. The number of carbonyl (C=O) groups excluding carboxylic acids is 2. The molecule has 0 spiro atoms. The van der Waals surface area contributed by atoms with Crippen molar-refractivity contribution in [3.63, 3.8) is 0 Å². The molecule has 4 aromatic rings. The van der Waals surface area contributed by atoms with E-state index in [4.69, 9.17) is 0 Å². The van der Waals surface area contributed by atoms with E-state index in [9.17, 15) is 14.4 Å². The van der Waals surface area contributed by atoms with Gasteiger partial charge in [0.05, 0.1) is 22.8 Å². The van der Waals surface area contributed by atoms with Crippen LogP contribution in [0.1, 0.15) is 35.3 Å². The van der Waals surface area contributed by atoms with Gasteiger partial charge in [-0.2, -0.15) is 9.50 Å². The molecule has 0 aliphatic carbocycles. The molecule has 4 rings (SSSR count). The summed E-state index contributed by atoms with van der Waals surface area (Å²) in [7, 11) is 0. The molecule has 0 radical (unpaired) electrons. The molecule has 4 aromatic heterocycles. The Balaban J connectivity index is 1.38. The molecule has 12 heteroatoms. The van der Waals surface area contributed by atoms with Crippen LogP contribution in [0.15, 0.2) is 22.3 Å². The van der Waals surface area contributed by atoms with Crippen LogP contribution in [0.2, 0.25) is 0 Å². The van der Waals surface area contributed by atoms with Crippen LogP contribution < -0.4 is 16.2 Å². The molecule has 0 bridgehead atoms. The Morgan fingerprint density at radius 2 is 2.00 bits per heavy atom. The average molecular weight is 472 g/mol. The number of aromatic nitrogens is 5. The van der Waals surface area contributed by atoms with Gasteiger partial charge in [0.1, 0.15) is 5.82 Å². The van der Waals surface area contributed by atoms with Crippen molar-refractivity contribution < 1.29 is 9.59 Å². The Morgan fingerprint density at radius 1 is 1.19 bits per heavy atom. The van der Waals surface area contributed by atoms with E-state index in [-0.39, 0.29) is 30.2 Å². The predicted octanol–water partition coefficient (Wildman–Crippen LogP) is 2.43. The molecule has 0 unspecified atom stereocenters. The number of nitrogens with one attached hydrogen (secondary N) is 3. The largest absolute Gasteiger partial charge is 0.351 e. The Morgan fingerprint density at radius 3 is 2.78 bits per heavy atom. The van der Waals surface area contributed by atoms with E-state index in [1.165, 1.54) is 34.1 Å². The summed E-state index contributed by atoms with van der Waals surface area (Å²) >= 11 is 2.87. The molecule has 0 aliphatic heterocycles. The van der Waals surface area contributed by atoms with E-state index >= 15 is 0 Å². The zero-order chi connectivity index (χ0) is 22.8. The van der Waals surface area contributed by atoms with E-state index in [2.05, 4.69) is 30.7 Å². The highest BCUT2D eigenvalue weighted by Crippen LogP contribution is 2.30. The number of aromatic amines is 1. The Labute approximate surface area is 190 Å². The lowest BCUT2D eigenvalue weighted by Crippen LogP contribution is -2.23. The molecule has 3 N–H and O–H groups in total. The first kappa shape index (κ1) is 21.8. The molecule has 4 heterocycles. The smallest absolute Gasteiger partial charge is 0.277 e. The quantitative estimate of drug-likeness (QED) is 0.379. The molecular formula is C20H21N7O3S2. The number of thiazole rings is 1. The van der Waals surface area contributed by atoms with Crippen molar-refractivity contribution in [2.75, 3.05) is 5.32 Å². The maximum Gasteiger partial charge on any atom is 0.277 e. The number of fused-ring (bicyclic) bond motifs is 1. The van der Waals surface area contributed by atoms with Gasteiger partial charge < -0.3 is 10.6 Å². The summed E-state index contributed by atoms with van der Waals surface area (Å²) < 4.78 is 1.30. The first-order valence-electron chi connectivity index (χ1n) is 9.84. The number of rotatable bonds is 7. The number of anilines is 1. The topological polar surface area (TPSA) is 134 Å². The molecule has 0 fully saturated rings. The van der Waals surface area contributed by atoms with Crippen LogP contribution in [0.3, 0.4) is 0 Å². The minimum Gasteiger partial charge on any atom is -0.351 e. The summed E-state index contributed by atoms with van der Waals surface area (Å²) in [6.45, 7) is 5.45. The second kappa shape index (κ2) is 9.01. The van der Waals surface area contributed by atoms with Crippen LogP contribution in [-0.2, 0) is 22.6 Å². The number of hydrogen-bond donors (Lipinski definition) is 3. The first-order chi connectivity index (χ1) is 15.3. The third-order valence-electron chi connectivity index (χ3n) is 4.69.